The Hall–Kier alpha value is -2.37. The van der Waals surface area contributed by atoms with Crippen molar-refractivity contribution < 1.29 is 19.5 Å². The number of rotatable bonds is 3. The zero-order valence-electron chi connectivity index (χ0n) is 11.1. The first-order chi connectivity index (χ1) is 9.47. The summed E-state index contributed by atoms with van der Waals surface area (Å²) in [6.07, 6.45) is 0.0960. The van der Waals surface area contributed by atoms with E-state index in [1.165, 1.54) is 0 Å². The van der Waals surface area contributed by atoms with Crippen LogP contribution in [0.2, 0.25) is 0 Å². The molecule has 1 fully saturated rings. The third-order valence-electron chi connectivity index (χ3n) is 3.23. The topological polar surface area (TPSA) is 86.7 Å². The van der Waals surface area contributed by atoms with Crippen LogP contribution in [0.4, 0.5) is 0 Å². The molecule has 2 amide bonds. The smallest absolute Gasteiger partial charge is 0.328 e. The molecule has 1 unspecified atom stereocenters. The molecular formula is C14H16N2O4. The number of benzene rings is 1. The molecule has 0 saturated carbocycles. The number of carboxylic acid groups (broad SMARTS) is 1. The second kappa shape index (κ2) is 5.73. The molecule has 1 heterocycles. The van der Waals surface area contributed by atoms with Crippen molar-refractivity contribution in [3.05, 3.63) is 35.4 Å². The molecule has 20 heavy (non-hydrogen) atoms. The van der Waals surface area contributed by atoms with E-state index in [1.54, 1.807) is 0 Å². The highest BCUT2D eigenvalue weighted by molar-refractivity contribution is 5.91. The lowest BCUT2D eigenvalue weighted by Gasteiger charge is -2.32. The van der Waals surface area contributed by atoms with Crippen molar-refractivity contribution in [1.29, 1.82) is 0 Å². The van der Waals surface area contributed by atoms with Crippen LogP contribution >= 0.6 is 0 Å². The molecule has 2 rings (SSSR count). The number of nitrogens with zero attached hydrogens (tertiary/aromatic N) is 1. The monoisotopic (exact) mass is 276 g/mol. The van der Waals surface area contributed by atoms with Crippen molar-refractivity contribution in [3.63, 3.8) is 0 Å². The lowest BCUT2D eigenvalue weighted by atomic mass is 10.1. The SMILES string of the molecule is Cc1cccc(CC(=O)N2CC(=O)NCC2C(=O)O)c1. The second-order valence-corrected chi connectivity index (χ2v) is 4.85. The van der Waals surface area contributed by atoms with Crippen molar-refractivity contribution >= 4 is 17.8 Å². The Morgan fingerprint density at radius 3 is 2.85 bits per heavy atom. The van der Waals surface area contributed by atoms with Crippen molar-refractivity contribution in [2.24, 2.45) is 0 Å². The van der Waals surface area contributed by atoms with Crippen LogP contribution in [0.1, 0.15) is 11.1 Å². The van der Waals surface area contributed by atoms with Crippen LogP contribution in [-0.2, 0) is 20.8 Å². The van der Waals surface area contributed by atoms with E-state index < -0.39 is 12.0 Å². The zero-order chi connectivity index (χ0) is 14.7. The van der Waals surface area contributed by atoms with Crippen LogP contribution < -0.4 is 5.32 Å². The number of hydrogen-bond donors (Lipinski definition) is 2. The first-order valence-electron chi connectivity index (χ1n) is 6.32. The van der Waals surface area contributed by atoms with Gasteiger partial charge in [0.15, 0.2) is 0 Å². The van der Waals surface area contributed by atoms with Gasteiger partial charge in [0, 0.05) is 6.54 Å². The van der Waals surface area contributed by atoms with E-state index in [9.17, 15) is 14.4 Å². The van der Waals surface area contributed by atoms with Crippen LogP contribution in [0.25, 0.3) is 0 Å². The van der Waals surface area contributed by atoms with Gasteiger partial charge in [-0.25, -0.2) is 4.79 Å². The predicted molar refractivity (Wildman–Crippen MR) is 71.0 cm³/mol. The number of amides is 2. The van der Waals surface area contributed by atoms with E-state index >= 15 is 0 Å². The second-order valence-electron chi connectivity index (χ2n) is 4.85. The quantitative estimate of drug-likeness (QED) is 0.810. The highest BCUT2D eigenvalue weighted by atomic mass is 16.4. The maximum atomic E-state index is 12.2. The van der Waals surface area contributed by atoms with Gasteiger partial charge in [-0.05, 0) is 12.5 Å². The number of nitrogens with one attached hydrogen (secondary N) is 1. The van der Waals surface area contributed by atoms with Crippen LogP contribution in [-0.4, -0.2) is 46.9 Å². The van der Waals surface area contributed by atoms with Crippen molar-refractivity contribution in [3.8, 4) is 0 Å². The van der Waals surface area contributed by atoms with Gasteiger partial charge in [-0.15, -0.1) is 0 Å². The molecular weight excluding hydrogens is 260 g/mol. The maximum absolute atomic E-state index is 12.2. The summed E-state index contributed by atoms with van der Waals surface area (Å²) in [4.78, 5) is 35.8. The molecule has 6 heteroatoms. The normalized spacial score (nSPS) is 18.6. The Bertz CT molecular complexity index is 556. The molecule has 0 spiro atoms. The molecule has 0 aliphatic carbocycles. The highest BCUT2D eigenvalue weighted by Gasteiger charge is 2.34. The summed E-state index contributed by atoms with van der Waals surface area (Å²) < 4.78 is 0. The molecule has 0 radical (unpaired) electrons. The van der Waals surface area contributed by atoms with E-state index in [4.69, 9.17) is 5.11 Å². The van der Waals surface area contributed by atoms with Crippen LogP contribution in [0.15, 0.2) is 24.3 Å². The van der Waals surface area contributed by atoms with Crippen LogP contribution in [0.3, 0.4) is 0 Å². The summed E-state index contributed by atoms with van der Waals surface area (Å²) >= 11 is 0. The predicted octanol–water partition coefficient (Wildman–Crippen LogP) is -0.0509. The molecule has 1 aliphatic heterocycles. The molecule has 2 N–H and O–H groups in total. The van der Waals surface area contributed by atoms with Gasteiger partial charge in [0.2, 0.25) is 11.8 Å². The van der Waals surface area contributed by atoms with Gasteiger partial charge in [-0.2, -0.15) is 0 Å². The lowest BCUT2D eigenvalue weighted by molar-refractivity contribution is -0.153. The summed E-state index contributed by atoms with van der Waals surface area (Å²) in [6, 6.07) is 6.45. The minimum Gasteiger partial charge on any atom is -0.480 e. The Morgan fingerprint density at radius 1 is 1.45 bits per heavy atom. The van der Waals surface area contributed by atoms with Crippen molar-refractivity contribution in [1.82, 2.24) is 10.2 Å². The van der Waals surface area contributed by atoms with E-state index in [1.807, 2.05) is 31.2 Å². The van der Waals surface area contributed by atoms with Gasteiger partial charge in [-0.3, -0.25) is 9.59 Å². The van der Waals surface area contributed by atoms with Gasteiger partial charge < -0.3 is 15.3 Å². The number of carbonyl (C=O) groups is 3. The number of aliphatic carboxylic acids is 1. The lowest BCUT2D eigenvalue weighted by Crippen LogP contribution is -2.59. The van der Waals surface area contributed by atoms with E-state index in [2.05, 4.69) is 5.32 Å². The number of aryl methyl sites for hydroxylation is 1. The fourth-order valence-electron chi connectivity index (χ4n) is 2.22. The third kappa shape index (κ3) is 3.14. The molecule has 1 aliphatic rings. The van der Waals surface area contributed by atoms with Gasteiger partial charge >= 0.3 is 5.97 Å². The van der Waals surface area contributed by atoms with Crippen molar-refractivity contribution in [2.75, 3.05) is 13.1 Å². The number of carbonyl (C=O) groups excluding carboxylic acids is 2. The van der Waals surface area contributed by atoms with Gasteiger partial charge in [-0.1, -0.05) is 29.8 Å². The fourth-order valence-corrected chi connectivity index (χ4v) is 2.22. The Labute approximate surface area is 116 Å². The van der Waals surface area contributed by atoms with Crippen LogP contribution in [0, 0.1) is 6.92 Å². The largest absolute Gasteiger partial charge is 0.480 e. The Kier molecular flexibility index (Phi) is 4.02. The van der Waals surface area contributed by atoms with Gasteiger partial charge in [0.05, 0.1) is 6.42 Å². The molecule has 1 saturated heterocycles. The summed E-state index contributed by atoms with van der Waals surface area (Å²) in [5.74, 6) is -1.79. The van der Waals surface area contributed by atoms with Gasteiger partial charge in [0.25, 0.3) is 0 Å². The summed E-state index contributed by atoms with van der Waals surface area (Å²) in [5, 5.41) is 11.6. The van der Waals surface area contributed by atoms with E-state index in [-0.39, 0.29) is 31.3 Å². The third-order valence-corrected chi connectivity index (χ3v) is 3.23. The minimum atomic E-state index is -1.11. The maximum Gasteiger partial charge on any atom is 0.328 e. The number of piperazine rings is 1. The Morgan fingerprint density at radius 2 is 2.20 bits per heavy atom. The minimum absolute atomic E-state index is 0.0479. The molecule has 1 aromatic rings. The Balaban J connectivity index is 2.13. The average molecular weight is 276 g/mol. The average Bonchev–Trinajstić information content (AvgIpc) is 2.38. The first kappa shape index (κ1) is 14.0. The number of hydrogen-bond acceptors (Lipinski definition) is 3. The molecule has 106 valence electrons. The molecule has 0 bridgehead atoms. The molecule has 0 aromatic heterocycles. The van der Waals surface area contributed by atoms with Crippen LogP contribution in [0.5, 0.6) is 0 Å². The first-order valence-corrected chi connectivity index (χ1v) is 6.32. The van der Waals surface area contributed by atoms with E-state index in [0.29, 0.717) is 0 Å². The summed E-state index contributed by atoms with van der Waals surface area (Å²) in [5.41, 5.74) is 1.84. The van der Waals surface area contributed by atoms with E-state index in [0.717, 1.165) is 16.0 Å². The van der Waals surface area contributed by atoms with Crippen molar-refractivity contribution in [2.45, 2.75) is 19.4 Å². The number of carboxylic acids is 1. The summed E-state index contributed by atoms with van der Waals surface area (Å²) in [6.45, 7) is 1.66. The highest BCUT2D eigenvalue weighted by Crippen LogP contribution is 2.10. The standard InChI is InChI=1S/C14H16N2O4/c1-9-3-2-4-10(5-9)6-13(18)16-8-12(17)15-7-11(16)14(19)20/h2-5,11H,6-8H2,1H3,(H,15,17)(H,19,20). The van der Waals surface area contributed by atoms with Gasteiger partial charge in [0.1, 0.15) is 12.6 Å². The fraction of sp³-hybridized carbons (Fsp3) is 0.357. The molecule has 1 aromatic carbocycles. The molecule has 6 nitrogen and oxygen atoms in total. The zero-order valence-corrected chi connectivity index (χ0v) is 11.1. The molecule has 1 atom stereocenters. The summed E-state index contributed by atoms with van der Waals surface area (Å²) in [7, 11) is 0.